The van der Waals surface area contributed by atoms with Gasteiger partial charge in [-0.25, -0.2) is 0 Å². The van der Waals surface area contributed by atoms with E-state index in [2.05, 4.69) is 5.32 Å². The number of amides is 2. The molecule has 0 bridgehead atoms. The Labute approximate surface area is 175 Å². The summed E-state index contributed by atoms with van der Waals surface area (Å²) in [6.07, 6.45) is 2.38. The van der Waals surface area contributed by atoms with Gasteiger partial charge in [0.05, 0.1) is 17.6 Å². The van der Waals surface area contributed by atoms with Crippen LogP contribution in [0.2, 0.25) is 0 Å². The van der Waals surface area contributed by atoms with Crippen LogP contribution in [0.1, 0.15) is 12.5 Å². The third kappa shape index (κ3) is 5.21. The SMILES string of the molecule is COc1cccc(/C=C2\SC(=S)N(/C=C(\C(C)=O)C(=O)NCC(=O)O)C2=O)c1O. The molecule has 1 fully saturated rings. The summed E-state index contributed by atoms with van der Waals surface area (Å²) >= 11 is 6.07. The number of methoxy groups -OCH3 is 1. The van der Waals surface area contributed by atoms with Crippen LogP contribution in [-0.2, 0) is 19.2 Å². The van der Waals surface area contributed by atoms with E-state index in [0.29, 0.717) is 5.56 Å². The summed E-state index contributed by atoms with van der Waals surface area (Å²) in [6.45, 7) is 0.421. The number of hydrogen-bond acceptors (Lipinski definition) is 8. The number of carbonyl (C=O) groups excluding carboxylic acids is 3. The number of rotatable bonds is 7. The van der Waals surface area contributed by atoms with Crippen LogP contribution < -0.4 is 10.1 Å². The van der Waals surface area contributed by atoms with Crippen molar-refractivity contribution in [3.63, 3.8) is 0 Å². The minimum absolute atomic E-state index is 0.0634. The third-order valence-corrected chi connectivity index (χ3v) is 4.97. The lowest BCUT2D eigenvalue weighted by atomic mass is 10.1. The summed E-state index contributed by atoms with van der Waals surface area (Å²) in [6, 6.07) is 4.75. The summed E-state index contributed by atoms with van der Waals surface area (Å²) < 4.78 is 5.09. The van der Waals surface area contributed by atoms with Gasteiger partial charge in [0.2, 0.25) is 0 Å². The Balaban J connectivity index is 2.34. The fourth-order valence-electron chi connectivity index (χ4n) is 2.24. The fraction of sp³-hybridized carbons (Fsp3) is 0.167. The number of phenolic OH excluding ortho intramolecular Hbond substituents is 1. The number of carbonyl (C=O) groups is 4. The number of nitrogens with one attached hydrogen (secondary N) is 1. The number of nitrogens with zero attached hydrogens (tertiary/aromatic N) is 1. The number of ketones is 1. The number of para-hydroxylation sites is 1. The molecule has 0 aliphatic carbocycles. The first-order chi connectivity index (χ1) is 13.6. The second kappa shape index (κ2) is 9.34. The van der Waals surface area contributed by atoms with Gasteiger partial charge in [-0.2, -0.15) is 0 Å². The average Bonchev–Trinajstić information content (AvgIpc) is 2.92. The molecule has 1 heterocycles. The van der Waals surface area contributed by atoms with E-state index in [1.807, 2.05) is 0 Å². The van der Waals surface area contributed by atoms with Crippen molar-refractivity contribution in [2.75, 3.05) is 13.7 Å². The highest BCUT2D eigenvalue weighted by Gasteiger charge is 2.32. The summed E-state index contributed by atoms with van der Waals surface area (Å²) in [5, 5.41) is 20.9. The Bertz CT molecular complexity index is 969. The molecule has 0 atom stereocenters. The van der Waals surface area contributed by atoms with Crippen LogP contribution >= 0.6 is 24.0 Å². The van der Waals surface area contributed by atoms with E-state index in [1.54, 1.807) is 18.2 Å². The number of thioether (sulfide) groups is 1. The highest BCUT2D eigenvalue weighted by molar-refractivity contribution is 8.26. The van der Waals surface area contributed by atoms with Gasteiger partial charge in [-0.15, -0.1) is 0 Å². The van der Waals surface area contributed by atoms with Crippen LogP contribution in [0.15, 0.2) is 34.9 Å². The first-order valence-corrected chi connectivity index (χ1v) is 9.24. The largest absolute Gasteiger partial charge is 0.504 e. The Morgan fingerprint density at radius 1 is 1.34 bits per heavy atom. The number of aliphatic carboxylic acids is 1. The summed E-state index contributed by atoms with van der Waals surface area (Å²) in [5.74, 6) is -3.43. The maximum Gasteiger partial charge on any atom is 0.322 e. The van der Waals surface area contributed by atoms with Gasteiger partial charge in [0.15, 0.2) is 21.6 Å². The van der Waals surface area contributed by atoms with Gasteiger partial charge in [0.1, 0.15) is 6.54 Å². The molecule has 1 aromatic rings. The summed E-state index contributed by atoms with van der Waals surface area (Å²) in [5.41, 5.74) is -0.104. The lowest BCUT2D eigenvalue weighted by Gasteiger charge is -2.11. The van der Waals surface area contributed by atoms with Crippen molar-refractivity contribution in [2.45, 2.75) is 6.92 Å². The van der Waals surface area contributed by atoms with Gasteiger partial charge in [0.25, 0.3) is 11.8 Å². The van der Waals surface area contributed by atoms with E-state index >= 15 is 0 Å². The van der Waals surface area contributed by atoms with Crippen LogP contribution in [0.3, 0.4) is 0 Å². The lowest BCUT2D eigenvalue weighted by molar-refractivity contribution is -0.137. The monoisotopic (exact) mass is 436 g/mol. The van der Waals surface area contributed by atoms with Crippen LogP contribution in [-0.4, -0.2) is 56.7 Å². The Morgan fingerprint density at radius 3 is 2.62 bits per heavy atom. The number of carboxylic acids is 1. The van der Waals surface area contributed by atoms with E-state index in [4.69, 9.17) is 22.1 Å². The number of hydrogen-bond donors (Lipinski definition) is 3. The van der Waals surface area contributed by atoms with Crippen LogP contribution in [0.5, 0.6) is 11.5 Å². The quantitative estimate of drug-likeness (QED) is 0.250. The van der Waals surface area contributed by atoms with Gasteiger partial charge in [-0.3, -0.25) is 24.1 Å². The number of thiocarbonyl (C=S) groups is 1. The van der Waals surface area contributed by atoms with Crippen molar-refractivity contribution in [2.24, 2.45) is 0 Å². The minimum atomic E-state index is -1.28. The van der Waals surface area contributed by atoms with Gasteiger partial charge in [0, 0.05) is 11.8 Å². The second-order valence-corrected chi connectivity index (χ2v) is 7.30. The number of carboxylic acid groups (broad SMARTS) is 1. The highest BCUT2D eigenvalue weighted by atomic mass is 32.2. The Kier molecular flexibility index (Phi) is 7.13. The molecule has 11 heteroatoms. The zero-order valence-corrected chi connectivity index (χ0v) is 16.9. The molecule has 1 saturated heterocycles. The molecule has 2 amide bonds. The van der Waals surface area contributed by atoms with Crippen LogP contribution in [0.4, 0.5) is 0 Å². The van der Waals surface area contributed by atoms with Gasteiger partial charge in [-0.1, -0.05) is 36.1 Å². The molecule has 0 unspecified atom stereocenters. The van der Waals surface area contributed by atoms with Gasteiger partial charge < -0.3 is 20.3 Å². The molecule has 9 nitrogen and oxygen atoms in total. The number of ether oxygens (including phenoxy) is 1. The second-order valence-electron chi connectivity index (χ2n) is 5.63. The molecule has 0 radical (unpaired) electrons. The van der Waals surface area contributed by atoms with Crippen molar-refractivity contribution in [1.82, 2.24) is 10.2 Å². The molecule has 0 saturated carbocycles. The fourth-order valence-corrected chi connectivity index (χ4v) is 3.44. The molecule has 0 spiro atoms. The van der Waals surface area contributed by atoms with Crippen molar-refractivity contribution in [3.05, 3.63) is 40.4 Å². The van der Waals surface area contributed by atoms with E-state index in [0.717, 1.165) is 29.8 Å². The average molecular weight is 436 g/mol. The van der Waals surface area contributed by atoms with Crippen molar-refractivity contribution < 1.29 is 34.1 Å². The predicted octanol–water partition coefficient (Wildman–Crippen LogP) is 1.28. The first kappa shape index (κ1) is 22.1. The van der Waals surface area contributed by atoms with Crippen molar-refractivity contribution >= 4 is 57.9 Å². The molecule has 1 aromatic carbocycles. The maximum absolute atomic E-state index is 12.7. The molecule has 1 aliphatic rings. The zero-order valence-electron chi connectivity index (χ0n) is 15.3. The predicted molar refractivity (Wildman–Crippen MR) is 109 cm³/mol. The van der Waals surface area contributed by atoms with E-state index < -0.39 is 35.7 Å². The number of Topliss-reactive ketones (excluding diaryl/α,β-unsaturated/α-hetero) is 1. The number of phenols is 1. The van der Waals surface area contributed by atoms with E-state index in [1.165, 1.54) is 13.2 Å². The molecule has 1 aliphatic heterocycles. The highest BCUT2D eigenvalue weighted by Crippen LogP contribution is 2.37. The maximum atomic E-state index is 12.7. The molecule has 0 aromatic heterocycles. The Hall–Kier alpha value is -3.18. The number of aromatic hydroxyl groups is 1. The molecule has 29 heavy (non-hydrogen) atoms. The molecule has 2 rings (SSSR count). The zero-order chi connectivity index (χ0) is 21.7. The Morgan fingerprint density at radius 2 is 2.03 bits per heavy atom. The molecular formula is C18H16N2O7S2. The van der Waals surface area contributed by atoms with E-state index in [9.17, 15) is 24.3 Å². The smallest absolute Gasteiger partial charge is 0.322 e. The number of benzene rings is 1. The molecule has 3 N–H and O–H groups in total. The van der Waals surface area contributed by atoms with Crippen LogP contribution in [0.25, 0.3) is 6.08 Å². The minimum Gasteiger partial charge on any atom is -0.504 e. The van der Waals surface area contributed by atoms with Gasteiger partial charge >= 0.3 is 5.97 Å². The summed E-state index contributed by atoms with van der Waals surface area (Å²) in [4.78, 5) is 48.2. The normalized spacial score (nSPS) is 15.6. The summed E-state index contributed by atoms with van der Waals surface area (Å²) in [7, 11) is 1.39. The molecular weight excluding hydrogens is 420 g/mol. The topological polar surface area (TPSA) is 133 Å². The van der Waals surface area contributed by atoms with Gasteiger partial charge in [-0.05, 0) is 19.1 Å². The molecule has 152 valence electrons. The van der Waals surface area contributed by atoms with Crippen molar-refractivity contribution in [1.29, 1.82) is 0 Å². The third-order valence-electron chi connectivity index (χ3n) is 3.64. The van der Waals surface area contributed by atoms with Crippen LogP contribution in [0, 0.1) is 0 Å². The van der Waals surface area contributed by atoms with E-state index in [-0.39, 0.29) is 20.7 Å². The lowest BCUT2D eigenvalue weighted by Crippen LogP contribution is -2.34. The first-order valence-electron chi connectivity index (χ1n) is 8.01. The standard InChI is InChI=1S/C18H16N2O7S2/c1-9(21)11(16(25)19-7-14(22)23)8-20-17(26)13(29-18(20)28)6-10-4-3-5-12(27-2)15(10)24/h3-6,8,24H,7H2,1-2H3,(H,19,25)(H,22,23)/b11-8+,13-6-. The van der Waals surface area contributed by atoms with Crippen molar-refractivity contribution in [3.8, 4) is 11.5 Å².